The fraction of sp³-hybridized carbons (Fsp3) is 0.714. The zero-order valence-electron chi connectivity index (χ0n) is 6.39. The molecule has 0 aromatic rings. The molecule has 0 aliphatic carbocycles. The van der Waals surface area contributed by atoms with Crippen LogP contribution in [0.5, 0.6) is 0 Å². The fourth-order valence-corrected chi connectivity index (χ4v) is 1.82. The van der Waals surface area contributed by atoms with Gasteiger partial charge in [0.25, 0.3) is 5.91 Å². The number of hydrogen-bond acceptors (Lipinski definition) is 2. The first-order valence-corrected chi connectivity index (χ1v) is 3.78. The molecule has 4 heteroatoms. The molecule has 2 aliphatic rings. The Labute approximate surface area is 64.5 Å². The minimum atomic E-state index is -0.531. The monoisotopic (exact) mass is 154 g/mol. The molecule has 2 fully saturated rings. The normalized spacial score (nSPS) is 35.9. The van der Waals surface area contributed by atoms with Crippen molar-refractivity contribution >= 4 is 11.9 Å². The highest BCUT2D eigenvalue weighted by atomic mass is 16.2. The van der Waals surface area contributed by atoms with E-state index in [1.165, 1.54) is 0 Å². The molecule has 2 rings (SSSR count). The molecule has 2 saturated heterocycles. The van der Waals surface area contributed by atoms with Crippen LogP contribution in [0.25, 0.3) is 0 Å². The molecule has 1 unspecified atom stereocenters. The molecule has 2 heterocycles. The molecule has 1 atom stereocenters. The Morgan fingerprint density at radius 1 is 1.55 bits per heavy atom. The average molecular weight is 154 g/mol. The summed E-state index contributed by atoms with van der Waals surface area (Å²) in [6.45, 7) is 2.54. The zero-order valence-corrected chi connectivity index (χ0v) is 6.39. The summed E-state index contributed by atoms with van der Waals surface area (Å²) < 4.78 is 0. The second kappa shape index (κ2) is 1.75. The number of carbonyl (C=O) groups is 2. The quantitative estimate of drug-likeness (QED) is 0.503. The maximum Gasteiger partial charge on any atom is 0.325 e. The molecular formula is C7H10N2O2. The van der Waals surface area contributed by atoms with Crippen molar-refractivity contribution in [3.8, 4) is 0 Å². The van der Waals surface area contributed by atoms with E-state index in [0.717, 1.165) is 12.8 Å². The van der Waals surface area contributed by atoms with E-state index >= 15 is 0 Å². The molecule has 0 saturated carbocycles. The van der Waals surface area contributed by atoms with Gasteiger partial charge in [-0.15, -0.1) is 0 Å². The first-order valence-electron chi connectivity index (χ1n) is 3.78. The van der Waals surface area contributed by atoms with Crippen LogP contribution in [-0.4, -0.2) is 28.9 Å². The maximum absolute atomic E-state index is 11.2. The summed E-state index contributed by atoms with van der Waals surface area (Å²) in [5.74, 6) is -0.139. The predicted octanol–water partition coefficient (Wildman–Crippen LogP) is 0.0907. The first-order chi connectivity index (χ1) is 5.14. The van der Waals surface area contributed by atoms with Gasteiger partial charge < -0.3 is 4.90 Å². The highest BCUT2D eigenvalue weighted by Gasteiger charge is 2.51. The number of imide groups is 1. The number of carbonyl (C=O) groups excluding carboxylic acids is 2. The van der Waals surface area contributed by atoms with Gasteiger partial charge in [-0.2, -0.15) is 0 Å². The van der Waals surface area contributed by atoms with Gasteiger partial charge in [-0.25, -0.2) is 4.79 Å². The lowest BCUT2D eigenvalue weighted by atomic mass is 10.00. The van der Waals surface area contributed by atoms with E-state index in [1.807, 2.05) is 6.92 Å². The topological polar surface area (TPSA) is 49.4 Å². The van der Waals surface area contributed by atoms with Crippen LogP contribution in [0.1, 0.15) is 19.8 Å². The lowest BCUT2D eigenvalue weighted by Crippen LogP contribution is -2.41. The van der Waals surface area contributed by atoms with Gasteiger partial charge in [0, 0.05) is 6.54 Å². The van der Waals surface area contributed by atoms with Crippen molar-refractivity contribution in [1.29, 1.82) is 0 Å². The van der Waals surface area contributed by atoms with Crippen molar-refractivity contribution in [3.63, 3.8) is 0 Å². The number of amides is 3. The summed E-state index contributed by atoms with van der Waals surface area (Å²) in [5, 5.41) is 2.31. The average Bonchev–Trinajstić information content (AvgIpc) is 2.39. The number of nitrogens with zero attached hydrogens (tertiary/aromatic N) is 1. The second-order valence-electron chi connectivity index (χ2n) is 3.29. The lowest BCUT2D eigenvalue weighted by molar-refractivity contribution is -0.124. The predicted molar refractivity (Wildman–Crippen MR) is 37.9 cm³/mol. The van der Waals surface area contributed by atoms with E-state index in [0.29, 0.717) is 6.54 Å². The highest BCUT2D eigenvalue weighted by molar-refractivity contribution is 6.07. The van der Waals surface area contributed by atoms with Crippen LogP contribution in [-0.2, 0) is 4.79 Å². The third-order valence-corrected chi connectivity index (χ3v) is 2.60. The smallest absolute Gasteiger partial charge is 0.310 e. The van der Waals surface area contributed by atoms with Crippen LogP contribution in [0.3, 0.4) is 0 Å². The SMILES string of the molecule is CC12CCCN1C(=O)NC2=O. The third-order valence-electron chi connectivity index (χ3n) is 2.60. The van der Waals surface area contributed by atoms with Gasteiger partial charge in [-0.3, -0.25) is 10.1 Å². The maximum atomic E-state index is 11.2. The van der Waals surface area contributed by atoms with E-state index < -0.39 is 5.54 Å². The van der Waals surface area contributed by atoms with Crippen LogP contribution in [0.4, 0.5) is 4.79 Å². The second-order valence-corrected chi connectivity index (χ2v) is 3.29. The van der Waals surface area contributed by atoms with E-state index in [2.05, 4.69) is 5.32 Å². The van der Waals surface area contributed by atoms with Crippen LogP contribution < -0.4 is 5.32 Å². The van der Waals surface area contributed by atoms with Crippen molar-refractivity contribution < 1.29 is 9.59 Å². The largest absolute Gasteiger partial charge is 0.325 e. The van der Waals surface area contributed by atoms with E-state index in [-0.39, 0.29) is 11.9 Å². The molecule has 1 N–H and O–H groups in total. The molecule has 3 amide bonds. The summed E-state index contributed by atoms with van der Waals surface area (Å²) >= 11 is 0. The minimum absolute atomic E-state index is 0.139. The number of urea groups is 1. The highest BCUT2D eigenvalue weighted by Crippen LogP contribution is 2.32. The molecule has 0 aromatic heterocycles. The van der Waals surface area contributed by atoms with Gasteiger partial charge in [-0.05, 0) is 19.8 Å². The fourth-order valence-electron chi connectivity index (χ4n) is 1.82. The van der Waals surface area contributed by atoms with E-state index in [1.54, 1.807) is 4.90 Å². The summed E-state index contributed by atoms with van der Waals surface area (Å²) in [5.41, 5.74) is -0.531. The van der Waals surface area contributed by atoms with Crippen molar-refractivity contribution in [1.82, 2.24) is 10.2 Å². The zero-order chi connectivity index (χ0) is 8.06. The lowest BCUT2D eigenvalue weighted by Gasteiger charge is -2.22. The Morgan fingerprint density at radius 3 is 2.91 bits per heavy atom. The molecular weight excluding hydrogens is 144 g/mol. The molecule has 60 valence electrons. The van der Waals surface area contributed by atoms with E-state index in [4.69, 9.17) is 0 Å². The Hall–Kier alpha value is -1.06. The van der Waals surface area contributed by atoms with Gasteiger partial charge in [0.1, 0.15) is 5.54 Å². The van der Waals surface area contributed by atoms with E-state index in [9.17, 15) is 9.59 Å². The molecule has 0 spiro atoms. The van der Waals surface area contributed by atoms with Crippen LogP contribution >= 0.6 is 0 Å². The standard InChI is InChI=1S/C7H10N2O2/c1-7-3-2-4-9(7)6(11)8-5(7)10/h2-4H2,1H3,(H,8,10,11). The Balaban J connectivity index is 2.39. The van der Waals surface area contributed by atoms with Crippen LogP contribution in [0.2, 0.25) is 0 Å². The summed E-state index contributed by atoms with van der Waals surface area (Å²) in [6, 6.07) is -0.227. The van der Waals surface area contributed by atoms with Crippen molar-refractivity contribution in [3.05, 3.63) is 0 Å². The third kappa shape index (κ3) is 0.640. The van der Waals surface area contributed by atoms with Gasteiger partial charge in [0.05, 0.1) is 0 Å². The molecule has 4 nitrogen and oxygen atoms in total. The molecule has 0 radical (unpaired) electrons. The number of hydrogen-bond donors (Lipinski definition) is 1. The molecule has 11 heavy (non-hydrogen) atoms. The van der Waals surface area contributed by atoms with Crippen molar-refractivity contribution in [2.75, 3.05) is 6.54 Å². The number of nitrogens with one attached hydrogen (secondary N) is 1. The van der Waals surface area contributed by atoms with Gasteiger partial charge in [0.15, 0.2) is 0 Å². The number of fused-ring (bicyclic) bond motifs is 1. The molecule has 0 aromatic carbocycles. The van der Waals surface area contributed by atoms with Gasteiger partial charge in [0.2, 0.25) is 0 Å². The van der Waals surface area contributed by atoms with Gasteiger partial charge >= 0.3 is 6.03 Å². The Kier molecular flexibility index (Phi) is 1.06. The summed E-state index contributed by atoms with van der Waals surface area (Å²) in [6.07, 6.45) is 1.74. The molecule has 0 bridgehead atoms. The minimum Gasteiger partial charge on any atom is -0.310 e. The summed E-state index contributed by atoms with van der Waals surface area (Å²) in [7, 11) is 0. The Morgan fingerprint density at radius 2 is 2.27 bits per heavy atom. The van der Waals surface area contributed by atoms with Crippen molar-refractivity contribution in [2.24, 2.45) is 0 Å². The molecule has 2 aliphatic heterocycles. The summed E-state index contributed by atoms with van der Waals surface area (Å²) in [4.78, 5) is 23.9. The van der Waals surface area contributed by atoms with Crippen LogP contribution in [0.15, 0.2) is 0 Å². The number of rotatable bonds is 0. The van der Waals surface area contributed by atoms with Gasteiger partial charge in [-0.1, -0.05) is 0 Å². The van der Waals surface area contributed by atoms with Crippen molar-refractivity contribution in [2.45, 2.75) is 25.3 Å². The Bertz CT molecular complexity index is 239. The van der Waals surface area contributed by atoms with Crippen LogP contribution in [0, 0.1) is 0 Å². The first kappa shape index (κ1) is 6.64.